The maximum absolute atomic E-state index is 13.0. The first-order valence-electron chi connectivity index (χ1n) is 8.91. The standard InChI is InChI=1S/C19H26N2O3/c1-24-17-9-5-4-8-15(17)14-21-16(10-11-18(21)22)19(23)20-12-6-2-3-7-13-20/h4-5,8-9,16H,2-3,6-7,10-14H2,1H3/t16-/m1/s1. The Labute approximate surface area is 143 Å². The van der Waals surface area contributed by atoms with Crippen molar-refractivity contribution in [3.63, 3.8) is 0 Å². The van der Waals surface area contributed by atoms with Crippen molar-refractivity contribution < 1.29 is 14.3 Å². The SMILES string of the molecule is COc1ccccc1CN1C(=O)CC[C@@H]1C(=O)N1CCCCCC1. The Morgan fingerprint density at radius 2 is 1.88 bits per heavy atom. The number of benzene rings is 1. The predicted molar refractivity (Wildman–Crippen MR) is 91.6 cm³/mol. The van der Waals surface area contributed by atoms with E-state index in [9.17, 15) is 9.59 Å². The molecule has 5 nitrogen and oxygen atoms in total. The highest BCUT2D eigenvalue weighted by atomic mass is 16.5. The van der Waals surface area contributed by atoms with Gasteiger partial charge in [0.15, 0.2) is 0 Å². The summed E-state index contributed by atoms with van der Waals surface area (Å²) >= 11 is 0. The monoisotopic (exact) mass is 330 g/mol. The van der Waals surface area contributed by atoms with E-state index in [0.717, 1.165) is 37.2 Å². The Kier molecular flexibility index (Phi) is 5.38. The Hall–Kier alpha value is -2.04. The van der Waals surface area contributed by atoms with E-state index in [0.29, 0.717) is 19.4 Å². The van der Waals surface area contributed by atoms with Gasteiger partial charge in [-0.05, 0) is 25.3 Å². The zero-order chi connectivity index (χ0) is 16.9. The lowest BCUT2D eigenvalue weighted by Crippen LogP contribution is -2.46. The van der Waals surface area contributed by atoms with Crippen LogP contribution >= 0.6 is 0 Å². The first kappa shape index (κ1) is 16.8. The van der Waals surface area contributed by atoms with Crippen LogP contribution in [0.3, 0.4) is 0 Å². The molecule has 0 saturated carbocycles. The quantitative estimate of drug-likeness (QED) is 0.852. The number of rotatable bonds is 4. The van der Waals surface area contributed by atoms with Crippen LogP contribution in [0.15, 0.2) is 24.3 Å². The molecule has 2 heterocycles. The fourth-order valence-electron chi connectivity index (χ4n) is 3.71. The lowest BCUT2D eigenvalue weighted by Gasteiger charge is -2.30. The molecular formula is C19H26N2O3. The summed E-state index contributed by atoms with van der Waals surface area (Å²) < 4.78 is 5.39. The molecule has 24 heavy (non-hydrogen) atoms. The molecule has 2 aliphatic rings. The van der Waals surface area contributed by atoms with Gasteiger partial charge in [0.1, 0.15) is 11.8 Å². The second-order valence-corrected chi connectivity index (χ2v) is 6.63. The van der Waals surface area contributed by atoms with Crippen LogP contribution in [0.4, 0.5) is 0 Å². The molecule has 2 fully saturated rings. The average Bonchev–Trinajstić information content (AvgIpc) is 2.81. The van der Waals surface area contributed by atoms with Crippen LogP contribution in [0.1, 0.15) is 44.1 Å². The van der Waals surface area contributed by atoms with Crippen molar-refractivity contribution in [1.29, 1.82) is 0 Å². The average molecular weight is 330 g/mol. The minimum atomic E-state index is -0.319. The van der Waals surface area contributed by atoms with Crippen molar-refractivity contribution >= 4 is 11.8 Å². The largest absolute Gasteiger partial charge is 0.496 e. The first-order valence-corrected chi connectivity index (χ1v) is 8.91. The van der Waals surface area contributed by atoms with Crippen LogP contribution < -0.4 is 4.74 Å². The topological polar surface area (TPSA) is 49.9 Å². The van der Waals surface area contributed by atoms with Gasteiger partial charge in [-0.25, -0.2) is 0 Å². The highest BCUT2D eigenvalue weighted by molar-refractivity contribution is 5.91. The highest BCUT2D eigenvalue weighted by Crippen LogP contribution is 2.27. The molecular weight excluding hydrogens is 304 g/mol. The zero-order valence-corrected chi connectivity index (χ0v) is 14.4. The lowest BCUT2D eigenvalue weighted by molar-refractivity contribution is -0.141. The molecule has 0 aliphatic carbocycles. The van der Waals surface area contributed by atoms with Crippen LogP contribution in [-0.2, 0) is 16.1 Å². The molecule has 2 aliphatic heterocycles. The predicted octanol–water partition coefficient (Wildman–Crippen LogP) is 2.59. The molecule has 0 bridgehead atoms. The van der Waals surface area contributed by atoms with E-state index in [1.807, 2.05) is 29.2 Å². The van der Waals surface area contributed by atoms with Gasteiger partial charge >= 0.3 is 0 Å². The van der Waals surface area contributed by atoms with Crippen molar-refractivity contribution in [3.05, 3.63) is 29.8 Å². The van der Waals surface area contributed by atoms with Crippen LogP contribution in [0.2, 0.25) is 0 Å². The molecule has 1 aromatic rings. The third-order valence-electron chi connectivity index (χ3n) is 5.06. The number of nitrogens with zero attached hydrogens (tertiary/aromatic N) is 2. The molecule has 3 rings (SSSR count). The minimum Gasteiger partial charge on any atom is -0.496 e. The van der Waals surface area contributed by atoms with E-state index < -0.39 is 0 Å². The number of carbonyl (C=O) groups excluding carboxylic acids is 2. The van der Waals surface area contributed by atoms with E-state index in [1.54, 1.807) is 12.0 Å². The molecule has 0 aromatic heterocycles. The maximum atomic E-state index is 13.0. The van der Waals surface area contributed by atoms with Gasteiger partial charge in [-0.3, -0.25) is 9.59 Å². The molecule has 130 valence electrons. The summed E-state index contributed by atoms with van der Waals surface area (Å²) in [5.74, 6) is 0.949. The molecule has 2 saturated heterocycles. The molecule has 1 aromatic carbocycles. The number of methoxy groups -OCH3 is 1. The summed E-state index contributed by atoms with van der Waals surface area (Å²) in [6.45, 7) is 2.09. The Morgan fingerprint density at radius 1 is 1.17 bits per heavy atom. The fourth-order valence-corrected chi connectivity index (χ4v) is 3.71. The Balaban J connectivity index is 1.75. The van der Waals surface area contributed by atoms with E-state index in [1.165, 1.54) is 12.8 Å². The van der Waals surface area contributed by atoms with E-state index in [2.05, 4.69) is 0 Å². The number of hydrogen-bond acceptors (Lipinski definition) is 3. The van der Waals surface area contributed by atoms with Gasteiger partial charge in [0.25, 0.3) is 0 Å². The number of amides is 2. The number of para-hydroxylation sites is 1. The second-order valence-electron chi connectivity index (χ2n) is 6.63. The Morgan fingerprint density at radius 3 is 2.58 bits per heavy atom. The van der Waals surface area contributed by atoms with Gasteiger partial charge in [-0.1, -0.05) is 31.0 Å². The van der Waals surface area contributed by atoms with Crippen molar-refractivity contribution in [3.8, 4) is 5.75 Å². The summed E-state index contributed by atoms with van der Waals surface area (Å²) in [6, 6.07) is 7.37. The van der Waals surface area contributed by atoms with Crippen molar-refractivity contribution in [2.24, 2.45) is 0 Å². The van der Waals surface area contributed by atoms with E-state index in [4.69, 9.17) is 4.74 Å². The van der Waals surface area contributed by atoms with Crippen LogP contribution in [0, 0.1) is 0 Å². The molecule has 0 unspecified atom stereocenters. The van der Waals surface area contributed by atoms with Gasteiger partial charge < -0.3 is 14.5 Å². The molecule has 0 spiro atoms. The molecule has 1 atom stereocenters. The highest BCUT2D eigenvalue weighted by Gasteiger charge is 2.38. The van der Waals surface area contributed by atoms with Gasteiger partial charge in [0.05, 0.1) is 13.7 Å². The first-order chi connectivity index (χ1) is 11.7. The van der Waals surface area contributed by atoms with E-state index >= 15 is 0 Å². The maximum Gasteiger partial charge on any atom is 0.245 e. The summed E-state index contributed by atoms with van der Waals surface area (Å²) in [6.07, 6.45) is 5.61. The summed E-state index contributed by atoms with van der Waals surface area (Å²) in [7, 11) is 1.63. The molecule has 2 amide bonds. The minimum absolute atomic E-state index is 0.0640. The van der Waals surface area contributed by atoms with Crippen molar-refractivity contribution in [2.75, 3.05) is 20.2 Å². The Bertz CT molecular complexity index is 594. The lowest BCUT2D eigenvalue weighted by atomic mass is 10.1. The van der Waals surface area contributed by atoms with Gasteiger partial charge in [0, 0.05) is 25.1 Å². The zero-order valence-electron chi connectivity index (χ0n) is 14.4. The number of likely N-dealkylation sites (tertiary alicyclic amines) is 2. The summed E-state index contributed by atoms with van der Waals surface area (Å²) in [5.41, 5.74) is 0.948. The van der Waals surface area contributed by atoms with Gasteiger partial charge in [-0.2, -0.15) is 0 Å². The van der Waals surface area contributed by atoms with Crippen LogP contribution in [0.5, 0.6) is 5.75 Å². The number of carbonyl (C=O) groups is 2. The van der Waals surface area contributed by atoms with Crippen LogP contribution in [0.25, 0.3) is 0 Å². The van der Waals surface area contributed by atoms with Gasteiger partial charge in [-0.15, -0.1) is 0 Å². The number of ether oxygens (including phenoxy) is 1. The van der Waals surface area contributed by atoms with Crippen molar-refractivity contribution in [1.82, 2.24) is 9.80 Å². The summed E-state index contributed by atoms with van der Waals surface area (Å²) in [5, 5.41) is 0. The van der Waals surface area contributed by atoms with E-state index in [-0.39, 0.29) is 17.9 Å². The number of hydrogen-bond donors (Lipinski definition) is 0. The molecule has 5 heteroatoms. The van der Waals surface area contributed by atoms with Crippen molar-refractivity contribution in [2.45, 2.75) is 51.1 Å². The molecule has 0 N–H and O–H groups in total. The smallest absolute Gasteiger partial charge is 0.245 e. The fraction of sp³-hybridized carbons (Fsp3) is 0.579. The third kappa shape index (κ3) is 3.55. The molecule has 0 radical (unpaired) electrons. The van der Waals surface area contributed by atoms with Gasteiger partial charge in [0.2, 0.25) is 11.8 Å². The summed E-state index contributed by atoms with van der Waals surface area (Å²) in [4.78, 5) is 29.0. The normalized spacial score (nSPS) is 21.7. The third-order valence-corrected chi connectivity index (χ3v) is 5.06. The second kappa shape index (κ2) is 7.69. The van der Waals surface area contributed by atoms with Crippen LogP contribution in [-0.4, -0.2) is 47.9 Å².